The summed E-state index contributed by atoms with van der Waals surface area (Å²) in [6, 6.07) is 0. The molecule has 0 radical (unpaired) electrons. The summed E-state index contributed by atoms with van der Waals surface area (Å²) in [6.45, 7) is 4.57. The molecule has 3 rings (SSSR count). The molecule has 1 saturated heterocycles. The van der Waals surface area contributed by atoms with Crippen LogP contribution in [0.5, 0.6) is 0 Å². The van der Waals surface area contributed by atoms with Gasteiger partial charge in [-0.3, -0.25) is 9.69 Å². The van der Waals surface area contributed by atoms with Crippen molar-refractivity contribution in [3.05, 3.63) is 35.1 Å². The van der Waals surface area contributed by atoms with E-state index in [1.807, 2.05) is 0 Å². The number of hydrogen-bond acceptors (Lipinski definition) is 7. The summed E-state index contributed by atoms with van der Waals surface area (Å²) in [5.41, 5.74) is 0. The molecule has 0 bridgehead atoms. The van der Waals surface area contributed by atoms with Crippen LogP contribution in [-0.4, -0.2) is 51.6 Å². The molecule has 1 amide bonds. The van der Waals surface area contributed by atoms with E-state index in [4.69, 9.17) is 4.74 Å². The van der Waals surface area contributed by atoms with Crippen LogP contribution < -0.4 is 5.32 Å². The summed E-state index contributed by atoms with van der Waals surface area (Å²) in [5.74, 6) is 0.0229. The highest BCUT2D eigenvalue weighted by Crippen LogP contribution is 2.21. The van der Waals surface area contributed by atoms with Gasteiger partial charge in [-0.05, 0) is 6.42 Å². The number of anilines is 1. The maximum Gasteiger partial charge on any atom is 0.223 e. The van der Waals surface area contributed by atoms with Gasteiger partial charge in [0, 0.05) is 50.7 Å². The van der Waals surface area contributed by atoms with Crippen molar-refractivity contribution in [2.45, 2.75) is 32.4 Å². The molecule has 1 aliphatic heterocycles. The SMILES string of the molecule is CC(=O)Nc1ncc(CN2CCCOC(Cc3ncc(F)cn3)C2)s1. The van der Waals surface area contributed by atoms with Crippen molar-refractivity contribution in [3.8, 4) is 0 Å². The molecule has 134 valence electrons. The van der Waals surface area contributed by atoms with Gasteiger partial charge in [0.2, 0.25) is 5.91 Å². The molecular formula is C16H20FN5O2S. The molecule has 3 heterocycles. The zero-order valence-electron chi connectivity index (χ0n) is 13.9. The summed E-state index contributed by atoms with van der Waals surface area (Å²) < 4.78 is 18.8. The van der Waals surface area contributed by atoms with E-state index in [1.54, 1.807) is 6.20 Å². The molecule has 25 heavy (non-hydrogen) atoms. The largest absolute Gasteiger partial charge is 0.376 e. The zero-order chi connectivity index (χ0) is 17.6. The normalized spacial score (nSPS) is 18.7. The lowest BCUT2D eigenvalue weighted by molar-refractivity contribution is -0.114. The van der Waals surface area contributed by atoms with Gasteiger partial charge in [0.25, 0.3) is 0 Å². The minimum Gasteiger partial charge on any atom is -0.376 e. The number of nitrogens with one attached hydrogen (secondary N) is 1. The van der Waals surface area contributed by atoms with Gasteiger partial charge in [-0.1, -0.05) is 0 Å². The van der Waals surface area contributed by atoms with Crippen LogP contribution in [0, 0.1) is 5.82 Å². The third-order valence-corrected chi connectivity index (χ3v) is 4.63. The molecule has 2 aromatic heterocycles. The summed E-state index contributed by atoms with van der Waals surface area (Å²) >= 11 is 1.48. The number of aromatic nitrogens is 3. The highest BCUT2D eigenvalue weighted by atomic mass is 32.1. The van der Waals surface area contributed by atoms with E-state index in [-0.39, 0.29) is 12.0 Å². The molecule has 0 saturated carbocycles. The quantitative estimate of drug-likeness (QED) is 0.871. The minimum atomic E-state index is -0.438. The third kappa shape index (κ3) is 5.52. The molecule has 9 heteroatoms. The molecule has 0 spiro atoms. The Morgan fingerprint density at radius 2 is 2.20 bits per heavy atom. The van der Waals surface area contributed by atoms with Crippen LogP contribution in [0.1, 0.15) is 24.0 Å². The molecule has 1 N–H and O–H groups in total. The Bertz CT molecular complexity index is 709. The Hall–Kier alpha value is -1.97. The van der Waals surface area contributed by atoms with Crippen molar-refractivity contribution in [3.63, 3.8) is 0 Å². The first kappa shape index (κ1) is 17.8. The van der Waals surface area contributed by atoms with Crippen LogP contribution in [0.3, 0.4) is 0 Å². The highest BCUT2D eigenvalue weighted by Gasteiger charge is 2.21. The zero-order valence-corrected chi connectivity index (χ0v) is 14.8. The van der Waals surface area contributed by atoms with Crippen molar-refractivity contribution >= 4 is 22.4 Å². The molecule has 0 aliphatic carbocycles. The standard InChI is InChI=1S/C16H20FN5O2S/c1-11(23)21-16-20-8-14(25-16)10-22-3-2-4-24-13(9-22)5-15-18-6-12(17)7-19-15/h6-8,13H,2-5,9-10H2,1H3,(H,20,21,23). The van der Waals surface area contributed by atoms with E-state index in [0.29, 0.717) is 24.0 Å². The predicted molar refractivity (Wildman–Crippen MR) is 91.7 cm³/mol. The first-order chi connectivity index (χ1) is 12.1. The minimum absolute atomic E-state index is 0.0318. The summed E-state index contributed by atoms with van der Waals surface area (Å²) in [4.78, 5) is 26.7. The number of carbonyl (C=O) groups excluding carboxylic acids is 1. The van der Waals surface area contributed by atoms with E-state index < -0.39 is 5.82 Å². The molecule has 0 aromatic carbocycles. The van der Waals surface area contributed by atoms with Gasteiger partial charge >= 0.3 is 0 Å². The Morgan fingerprint density at radius 1 is 1.40 bits per heavy atom. The highest BCUT2D eigenvalue weighted by molar-refractivity contribution is 7.15. The van der Waals surface area contributed by atoms with Gasteiger partial charge in [0.15, 0.2) is 10.9 Å². The molecule has 2 aromatic rings. The van der Waals surface area contributed by atoms with E-state index in [9.17, 15) is 9.18 Å². The second-order valence-electron chi connectivity index (χ2n) is 5.92. The fraction of sp³-hybridized carbons (Fsp3) is 0.500. The molecule has 1 atom stereocenters. The lowest BCUT2D eigenvalue weighted by Crippen LogP contribution is -2.32. The van der Waals surface area contributed by atoms with Gasteiger partial charge in [-0.15, -0.1) is 11.3 Å². The van der Waals surface area contributed by atoms with Crippen LogP contribution in [0.2, 0.25) is 0 Å². The molecule has 1 unspecified atom stereocenters. The molecule has 1 fully saturated rings. The first-order valence-corrected chi connectivity index (χ1v) is 8.93. The van der Waals surface area contributed by atoms with Gasteiger partial charge in [-0.25, -0.2) is 19.3 Å². The van der Waals surface area contributed by atoms with Gasteiger partial charge in [0.1, 0.15) is 5.82 Å². The van der Waals surface area contributed by atoms with Gasteiger partial charge in [-0.2, -0.15) is 0 Å². The van der Waals surface area contributed by atoms with E-state index in [1.165, 1.54) is 30.7 Å². The Morgan fingerprint density at radius 3 is 2.96 bits per heavy atom. The second-order valence-corrected chi connectivity index (χ2v) is 7.03. The fourth-order valence-corrected chi connectivity index (χ4v) is 3.60. The maximum absolute atomic E-state index is 12.9. The van der Waals surface area contributed by atoms with Crippen molar-refractivity contribution < 1.29 is 13.9 Å². The van der Waals surface area contributed by atoms with Gasteiger partial charge in [0.05, 0.1) is 18.5 Å². The van der Waals surface area contributed by atoms with Crippen LogP contribution in [-0.2, 0) is 22.5 Å². The number of hydrogen-bond donors (Lipinski definition) is 1. The number of amides is 1. The third-order valence-electron chi connectivity index (χ3n) is 3.73. The van der Waals surface area contributed by atoms with E-state index in [2.05, 4.69) is 25.2 Å². The molecule has 7 nitrogen and oxygen atoms in total. The number of halogens is 1. The lowest BCUT2D eigenvalue weighted by Gasteiger charge is -2.22. The summed E-state index contributed by atoms with van der Waals surface area (Å²) in [6.07, 6.45) is 5.61. The number of rotatable bonds is 5. The first-order valence-electron chi connectivity index (χ1n) is 8.11. The summed E-state index contributed by atoms with van der Waals surface area (Å²) in [5, 5.41) is 3.31. The van der Waals surface area contributed by atoms with Gasteiger partial charge < -0.3 is 10.1 Å². The topological polar surface area (TPSA) is 80.2 Å². The smallest absolute Gasteiger partial charge is 0.223 e. The fourth-order valence-electron chi connectivity index (χ4n) is 2.69. The Labute approximate surface area is 149 Å². The monoisotopic (exact) mass is 365 g/mol. The number of thiazole rings is 1. The predicted octanol–water partition coefficient (Wildman–Crippen LogP) is 1.86. The molecule has 1 aliphatic rings. The Balaban J connectivity index is 1.58. The van der Waals surface area contributed by atoms with Crippen molar-refractivity contribution in [2.75, 3.05) is 25.0 Å². The van der Waals surface area contributed by atoms with Crippen molar-refractivity contribution in [2.24, 2.45) is 0 Å². The van der Waals surface area contributed by atoms with Crippen LogP contribution in [0.4, 0.5) is 9.52 Å². The molecular weight excluding hydrogens is 345 g/mol. The number of nitrogens with zero attached hydrogens (tertiary/aromatic N) is 4. The van der Waals surface area contributed by atoms with Crippen LogP contribution in [0.15, 0.2) is 18.6 Å². The average molecular weight is 365 g/mol. The maximum atomic E-state index is 12.9. The van der Waals surface area contributed by atoms with E-state index >= 15 is 0 Å². The number of ether oxygens (including phenoxy) is 1. The Kier molecular flexibility index (Phi) is 6.00. The van der Waals surface area contributed by atoms with Crippen LogP contribution in [0.25, 0.3) is 0 Å². The lowest BCUT2D eigenvalue weighted by atomic mass is 10.2. The van der Waals surface area contributed by atoms with Crippen LogP contribution >= 0.6 is 11.3 Å². The van der Waals surface area contributed by atoms with Crippen molar-refractivity contribution in [1.82, 2.24) is 19.9 Å². The second kappa shape index (κ2) is 8.41. The van der Waals surface area contributed by atoms with E-state index in [0.717, 1.165) is 30.9 Å². The summed E-state index contributed by atoms with van der Waals surface area (Å²) in [7, 11) is 0. The number of carbonyl (C=O) groups is 1. The van der Waals surface area contributed by atoms with Crippen molar-refractivity contribution in [1.29, 1.82) is 0 Å². The average Bonchev–Trinajstić information content (AvgIpc) is 2.87.